The van der Waals surface area contributed by atoms with Crippen molar-refractivity contribution in [2.45, 2.75) is 19.8 Å². The van der Waals surface area contributed by atoms with Gasteiger partial charge in [0.2, 0.25) is 0 Å². The molecule has 6 heteroatoms. The molecular formula is C19H20BrNO4. The van der Waals surface area contributed by atoms with Crippen LogP contribution in [-0.2, 0) is 9.53 Å². The number of methoxy groups -OCH3 is 1. The Balaban J connectivity index is 1.88. The van der Waals surface area contributed by atoms with Crippen molar-refractivity contribution < 1.29 is 19.1 Å². The van der Waals surface area contributed by atoms with Crippen molar-refractivity contribution in [1.29, 1.82) is 0 Å². The Hall–Kier alpha value is -2.34. The number of nitrogens with one attached hydrogen (secondary N) is 1. The Morgan fingerprint density at radius 3 is 2.36 bits per heavy atom. The number of hydrogen-bond acceptors (Lipinski definition) is 4. The van der Waals surface area contributed by atoms with E-state index in [-0.39, 0.29) is 6.61 Å². The van der Waals surface area contributed by atoms with E-state index in [9.17, 15) is 9.59 Å². The summed E-state index contributed by atoms with van der Waals surface area (Å²) in [6.45, 7) is 3.85. The SMILES string of the molecule is COc1ccc(C(=O)OCC(=O)Nc2ccc(C(C)C)cc2)cc1Br. The standard InChI is InChI=1S/C19H20BrNO4/c1-12(2)13-4-7-15(8-5-13)21-18(22)11-25-19(23)14-6-9-17(24-3)16(20)10-14/h4-10,12H,11H2,1-3H3,(H,21,22). The molecule has 0 saturated carbocycles. The van der Waals surface area contributed by atoms with Crippen LogP contribution in [0.4, 0.5) is 5.69 Å². The zero-order valence-electron chi connectivity index (χ0n) is 14.3. The molecule has 0 bridgehead atoms. The van der Waals surface area contributed by atoms with Crippen LogP contribution in [0.25, 0.3) is 0 Å². The minimum absolute atomic E-state index is 0.335. The lowest BCUT2D eigenvalue weighted by Crippen LogP contribution is -2.21. The molecule has 0 aliphatic rings. The number of carbonyl (C=O) groups excluding carboxylic acids is 2. The summed E-state index contributed by atoms with van der Waals surface area (Å²) in [6, 6.07) is 12.4. The van der Waals surface area contributed by atoms with Gasteiger partial charge in [0.1, 0.15) is 5.75 Å². The highest BCUT2D eigenvalue weighted by Gasteiger charge is 2.12. The Morgan fingerprint density at radius 2 is 1.80 bits per heavy atom. The number of hydrogen-bond donors (Lipinski definition) is 1. The smallest absolute Gasteiger partial charge is 0.338 e. The molecule has 0 unspecified atom stereocenters. The number of halogens is 1. The topological polar surface area (TPSA) is 64.6 Å². The first-order chi connectivity index (χ1) is 11.9. The second-order valence-electron chi connectivity index (χ2n) is 5.75. The highest BCUT2D eigenvalue weighted by molar-refractivity contribution is 9.10. The van der Waals surface area contributed by atoms with E-state index in [2.05, 4.69) is 35.1 Å². The molecule has 0 heterocycles. The second-order valence-corrected chi connectivity index (χ2v) is 6.60. The summed E-state index contributed by atoms with van der Waals surface area (Å²) in [6.07, 6.45) is 0. The van der Waals surface area contributed by atoms with Crippen LogP contribution in [0.5, 0.6) is 5.75 Å². The van der Waals surface area contributed by atoms with Crippen LogP contribution in [0, 0.1) is 0 Å². The molecule has 1 N–H and O–H groups in total. The van der Waals surface area contributed by atoms with Crippen LogP contribution in [0.3, 0.4) is 0 Å². The highest BCUT2D eigenvalue weighted by Crippen LogP contribution is 2.25. The Kier molecular flexibility index (Phi) is 6.58. The van der Waals surface area contributed by atoms with Crippen molar-refractivity contribution in [1.82, 2.24) is 0 Å². The third-order valence-electron chi connectivity index (χ3n) is 3.58. The predicted octanol–water partition coefficient (Wildman–Crippen LogP) is 4.38. The Labute approximate surface area is 155 Å². The summed E-state index contributed by atoms with van der Waals surface area (Å²) in [5, 5.41) is 2.70. The van der Waals surface area contributed by atoms with E-state index in [1.54, 1.807) is 18.2 Å². The largest absolute Gasteiger partial charge is 0.496 e. The minimum Gasteiger partial charge on any atom is -0.496 e. The van der Waals surface area contributed by atoms with Gasteiger partial charge in [0.25, 0.3) is 5.91 Å². The highest BCUT2D eigenvalue weighted by atomic mass is 79.9. The zero-order chi connectivity index (χ0) is 18.4. The summed E-state index contributed by atoms with van der Waals surface area (Å²) in [4.78, 5) is 23.9. The molecule has 2 aromatic carbocycles. The number of benzene rings is 2. The predicted molar refractivity (Wildman–Crippen MR) is 100 cm³/mol. The zero-order valence-corrected chi connectivity index (χ0v) is 15.9. The first-order valence-electron chi connectivity index (χ1n) is 7.81. The summed E-state index contributed by atoms with van der Waals surface area (Å²) in [5.74, 6) is 0.0700. The fraction of sp³-hybridized carbons (Fsp3) is 0.263. The lowest BCUT2D eigenvalue weighted by Gasteiger charge is -2.09. The molecule has 0 spiro atoms. The molecule has 0 atom stereocenters. The Morgan fingerprint density at radius 1 is 1.12 bits per heavy atom. The third-order valence-corrected chi connectivity index (χ3v) is 4.20. The van der Waals surface area contributed by atoms with E-state index in [1.807, 2.05) is 24.3 Å². The van der Waals surface area contributed by atoms with Crippen LogP contribution in [0.15, 0.2) is 46.9 Å². The van der Waals surface area contributed by atoms with Gasteiger partial charge in [0, 0.05) is 5.69 Å². The van der Waals surface area contributed by atoms with Crippen molar-refractivity contribution in [3.05, 3.63) is 58.1 Å². The van der Waals surface area contributed by atoms with Crippen LogP contribution < -0.4 is 10.1 Å². The number of ether oxygens (including phenoxy) is 2. The normalized spacial score (nSPS) is 10.4. The first kappa shape index (κ1) is 19.0. The molecule has 0 aromatic heterocycles. The van der Waals surface area contributed by atoms with Gasteiger partial charge in [0.05, 0.1) is 17.1 Å². The lowest BCUT2D eigenvalue weighted by atomic mass is 10.0. The van der Waals surface area contributed by atoms with E-state index in [0.29, 0.717) is 27.4 Å². The van der Waals surface area contributed by atoms with Gasteiger partial charge in [-0.3, -0.25) is 4.79 Å². The number of amides is 1. The molecule has 0 fully saturated rings. The van der Waals surface area contributed by atoms with Gasteiger partial charge < -0.3 is 14.8 Å². The summed E-state index contributed by atoms with van der Waals surface area (Å²) >= 11 is 3.30. The maximum Gasteiger partial charge on any atom is 0.338 e. The molecule has 0 aliphatic heterocycles. The van der Waals surface area contributed by atoms with Crippen LogP contribution in [-0.4, -0.2) is 25.6 Å². The van der Waals surface area contributed by atoms with Gasteiger partial charge in [-0.2, -0.15) is 0 Å². The van der Waals surface area contributed by atoms with E-state index in [0.717, 1.165) is 0 Å². The second kappa shape index (κ2) is 8.67. The summed E-state index contributed by atoms with van der Waals surface area (Å²) < 4.78 is 10.8. The maximum atomic E-state index is 12.0. The minimum atomic E-state index is -0.575. The quantitative estimate of drug-likeness (QED) is 0.724. The van der Waals surface area contributed by atoms with Gasteiger partial charge in [-0.05, 0) is 57.7 Å². The van der Waals surface area contributed by atoms with Gasteiger partial charge in [-0.15, -0.1) is 0 Å². The molecular weight excluding hydrogens is 386 g/mol. The number of esters is 1. The van der Waals surface area contributed by atoms with Crippen molar-refractivity contribution in [2.24, 2.45) is 0 Å². The maximum absolute atomic E-state index is 12.0. The first-order valence-corrected chi connectivity index (χ1v) is 8.60. The fourth-order valence-corrected chi connectivity index (χ4v) is 2.70. The van der Waals surface area contributed by atoms with E-state index in [4.69, 9.17) is 9.47 Å². The molecule has 2 aromatic rings. The van der Waals surface area contributed by atoms with Gasteiger partial charge in [0.15, 0.2) is 6.61 Å². The van der Waals surface area contributed by atoms with E-state index >= 15 is 0 Å². The fourth-order valence-electron chi connectivity index (χ4n) is 2.16. The summed E-state index contributed by atoms with van der Waals surface area (Å²) in [5.41, 5.74) is 2.19. The monoisotopic (exact) mass is 405 g/mol. The van der Waals surface area contributed by atoms with Crippen molar-refractivity contribution in [3.63, 3.8) is 0 Å². The van der Waals surface area contributed by atoms with E-state index < -0.39 is 11.9 Å². The lowest BCUT2D eigenvalue weighted by molar-refractivity contribution is -0.119. The number of rotatable bonds is 6. The van der Waals surface area contributed by atoms with Crippen molar-refractivity contribution >= 4 is 33.5 Å². The molecule has 5 nitrogen and oxygen atoms in total. The molecule has 1 amide bonds. The molecule has 2 rings (SSSR count). The average molecular weight is 406 g/mol. The summed E-state index contributed by atoms with van der Waals surface area (Å²) in [7, 11) is 1.54. The average Bonchev–Trinajstić information content (AvgIpc) is 2.60. The molecule has 132 valence electrons. The van der Waals surface area contributed by atoms with Gasteiger partial charge >= 0.3 is 5.97 Å². The van der Waals surface area contributed by atoms with Crippen LogP contribution >= 0.6 is 15.9 Å². The molecule has 25 heavy (non-hydrogen) atoms. The van der Waals surface area contributed by atoms with Gasteiger partial charge in [-0.25, -0.2) is 4.79 Å². The van der Waals surface area contributed by atoms with Crippen molar-refractivity contribution in [3.8, 4) is 5.75 Å². The van der Waals surface area contributed by atoms with Gasteiger partial charge in [-0.1, -0.05) is 26.0 Å². The number of carbonyl (C=O) groups is 2. The third kappa shape index (κ3) is 5.32. The molecule has 0 radical (unpaired) electrons. The number of anilines is 1. The van der Waals surface area contributed by atoms with E-state index in [1.165, 1.54) is 12.7 Å². The van der Waals surface area contributed by atoms with Crippen LogP contribution in [0.1, 0.15) is 35.7 Å². The molecule has 0 saturated heterocycles. The molecule has 0 aliphatic carbocycles. The van der Waals surface area contributed by atoms with Crippen molar-refractivity contribution in [2.75, 3.05) is 19.0 Å². The Bertz CT molecular complexity index is 757. The van der Waals surface area contributed by atoms with Crippen LogP contribution in [0.2, 0.25) is 0 Å².